The van der Waals surface area contributed by atoms with Gasteiger partial charge in [0.1, 0.15) is 5.75 Å². The number of likely N-dealkylation sites (N-methyl/N-ethyl adjacent to an activating group) is 1. The Bertz CT molecular complexity index is 378. The van der Waals surface area contributed by atoms with Gasteiger partial charge in [0, 0.05) is 18.9 Å². The number of benzene rings is 1. The maximum atomic E-state index is 12.0. The zero-order valence-corrected chi connectivity index (χ0v) is 13.3. The summed E-state index contributed by atoms with van der Waals surface area (Å²) in [4.78, 5) is 13.8. The summed E-state index contributed by atoms with van der Waals surface area (Å²) in [5.74, 6) is 0.989. The molecule has 0 aliphatic carbocycles. The normalized spacial score (nSPS) is 10.3. The van der Waals surface area contributed by atoms with Gasteiger partial charge >= 0.3 is 0 Å². The van der Waals surface area contributed by atoms with Crippen LogP contribution in [0.1, 0.15) is 24.8 Å². The zero-order chi connectivity index (χ0) is 14.1. The van der Waals surface area contributed by atoms with Gasteiger partial charge in [-0.05, 0) is 30.5 Å². The molecule has 1 aromatic rings. The molecule has 0 N–H and O–H groups in total. The number of methoxy groups -OCH3 is 1. The van der Waals surface area contributed by atoms with Crippen LogP contribution in [0.25, 0.3) is 0 Å². The number of carbonyl (C=O) groups excluding carboxylic acids is 1. The Hall–Kier alpha value is -1.03. The third-order valence-corrected chi connectivity index (χ3v) is 3.63. The minimum Gasteiger partial charge on any atom is -0.497 e. The number of ether oxygens (including phenoxy) is 1. The van der Waals surface area contributed by atoms with Gasteiger partial charge in [-0.2, -0.15) is 0 Å². The van der Waals surface area contributed by atoms with Crippen molar-refractivity contribution in [2.45, 2.75) is 25.7 Å². The minimum absolute atomic E-state index is 0.170. The molecule has 0 heterocycles. The van der Waals surface area contributed by atoms with Gasteiger partial charge in [-0.3, -0.25) is 4.79 Å². The Morgan fingerprint density at radius 1 is 1.21 bits per heavy atom. The highest BCUT2D eigenvalue weighted by atomic mass is 79.9. The first-order chi connectivity index (χ1) is 9.17. The molecule has 0 unspecified atom stereocenters. The van der Waals surface area contributed by atoms with Gasteiger partial charge in [0.25, 0.3) is 0 Å². The van der Waals surface area contributed by atoms with E-state index in [4.69, 9.17) is 4.74 Å². The number of hydrogen-bond acceptors (Lipinski definition) is 2. The standard InChI is InChI=1S/C15H22BrNO2/c1-17(11-5-3-4-10-16)15(18)12-13-6-8-14(19-2)9-7-13/h6-9H,3-5,10-12H2,1-2H3. The van der Waals surface area contributed by atoms with Crippen LogP contribution in [0.5, 0.6) is 5.75 Å². The summed E-state index contributed by atoms with van der Waals surface area (Å²) in [6.45, 7) is 0.835. The van der Waals surface area contributed by atoms with E-state index in [0.717, 1.165) is 36.0 Å². The number of carbonyl (C=O) groups is 1. The second-order valence-electron chi connectivity index (χ2n) is 4.59. The first-order valence-electron chi connectivity index (χ1n) is 6.60. The molecule has 106 valence electrons. The van der Waals surface area contributed by atoms with E-state index < -0.39 is 0 Å². The van der Waals surface area contributed by atoms with E-state index in [1.807, 2.05) is 36.2 Å². The van der Waals surface area contributed by atoms with Gasteiger partial charge in [0.2, 0.25) is 5.91 Å². The zero-order valence-electron chi connectivity index (χ0n) is 11.7. The Morgan fingerprint density at radius 3 is 2.47 bits per heavy atom. The first kappa shape index (κ1) is 16.0. The molecule has 0 saturated heterocycles. The maximum Gasteiger partial charge on any atom is 0.226 e. The quantitative estimate of drug-likeness (QED) is 0.541. The molecule has 1 amide bonds. The summed E-state index contributed by atoms with van der Waals surface area (Å²) in [5, 5.41) is 1.04. The van der Waals surface area contributed by atoms with E-state index >= 15 is 0 Å². The lowest BCUT2D eigenvalue weighted by Gasteiger charge is -2.17. The van der Waals surface area contributed by atoms with Crippen molar-refractivity contribution in [1.29, 1.82) is 0 Å². The molecule has 1 rings (SSSR count). The van der Waals surface area contributed by atoms with Crippen molar-refractivity contribution in [1.82, 2.24) is 4.90 Å². The minimum atomic E-state index is 0.170. The molecular weight excluding hydrogens is 306 g/mol. The highest BCUT2D eigenvalue weighted by Crippen LogP contribution is 2.12. The van der Waals surface area contributed by atoms with Crippen molar-refractivity contribution in [2.75, 3.05) is 26.0 Å². The van der Waals surface area contributed by atoms with Crippen molar-refractivity contribution < 1.29 is 9.53 Å². The highest BCUT2D eigenvalue weighted by molar-refractivity contribution is 9.09. The van der Waals surface area contributed by atoms with Crippen molar-refractivity contribution in [3.05, 3.63) is 29.8 Å². The fraction of sp³-hybridized carbons (Fsp3) is 0.533. The van der Waals surface area contributed by atoms with Crippen LogP contribution >= 0.6 is 15.9 Å². The fourth-order valence-corrected chi connectivity index (χ4v) is 2.19. The summed E-state index contributed by atoms with van der Waals surface area (Å²) >= 11 is 3.41. The van der Waals surface area contributed by atoms with E-state index in [-0.39, 0.29) is 5.91 Å². The average Bonchev–Trinajstić information content (AvgIpc) is 2.44. The lowest BCUT2D eigenvalue weighted by atomic mass is 10.1. The highest BCUT2D eigenvalue weighted by Gasteiger charge is 2.09. The van der Waals surface area contributed by atoms with Gasteiger partial charge in [-0.1, -0.05) is 34.5 Å². The molecular formula is C15H22BrNO2. The van der Waals surface area contributed by atoms with Gasteiger partial charge in [0.05, 0.1) is 13.5 Å². The van der Waals surface area contributed by atoms with Crippen LogP contribution < -0.4 is 4.74 Å². The van der Waals surface area contributed by atoms with Crippen LogP contribution in [0.2, 0.25) is 0 Å². The van der Waals surface area contributed by atoms with Crippen LogP contribution in [0.15, 0.2) is 24.3 Å². The lowest BCUT2D eigenvalue weighted by molar-refractivity contribution is -0.129. The summed E-state index contributed by atoms with van der Waals surface area (Å²) in [6.07, 6.45) is 3.85. The summed E-state index contributed by atoms with van der Waals surface area (Å²) in [5.41, 5.74) is 1.03. The van der Waals surface area contributed by atoms with Gasteiger partial charge in [-0.15, -0.1) is 0 Å². The van der Waals surface area contributed by atoms with E-state index in [2.05, 4.69) is 15.9 Å². The lowest BCUT2D eigenvalue weighted by Crippen LogP contribution is -2.29. The smallest absolute Gasteiger partial charge is 0.226 e. The third kappa shape index (κ3) is 6.10. The largest absolute Gasteiger partial charge is 0.497 e. The number of alkyl halides is 1. The van der Waals surface area contributed by atoms with Crippen molar-refractivity contribution in [3.63, 3.8) is 0 Å². The molecule has 0 bridgehead atoms. The molecule has 0 saturated carbocycles. The van der Waals surface area contributed by atoms with Gasteiger partial charge in [0.15, 0.2) is 0 Å². The first-order valence-corrected chi connectivity index (χ1v) is 7.72. The molecule has 3 nitrogen and oxygen atoms in total. The average molecular weight is 328 g/mol. The Kier molecular flexibility index (Phi) is 7.56. The Morgan fingerprint density at radius 2 is 1.89 bits per heavy atom. The number of rotatable bonds is 8. The van der Waals surface area contributed by atoms with Crippen molar-refractivity contribution in [2.24, 2.45) is 0 Å². The SMILES string of the molecule is COc1ccc(CC(=O)N(C)CCCCCBr)cc1. The number of unbranched alkanes of at least 4 members (excludes halogenated alkanes) is 2. The molecule has 0 fully saturated rings. The van der Waals surface area contributed by atoms with Gasteiger partial charge in [-0.25, -0.2) is 0 Å². The van der Waals surface area contributed by atoms with E-state index in [9.17, 15) is 4.79 Å². The molecule has 1 aromatic carbocycles. The van der Waals surface area contributed by atoms with Crippen LogP contribution in [-0.4, -0.2) is 36.8 Å². The molecule has 0 spiro atoms. The van der Waals surface area contributed by atoms with Crippen LogP contribution in [0, 0.1) is 0 Å². The van der Waals surface area contributed by atoms with E-state index in [1.165, 1.54) is 6.42 Å². The number of nitrogens with zero attached hydrogens (tertiary/aromatic N) is 1. The molecule has 0 aromatic heterocycles. The fourth-order valence-electron chi connectivity index (χ4n) is 1.80. The second-order valence-corrected chi connectivity index (χ2v) is 5.38. The summed E-state index contributed by atoms with van der Waals surface area (Å²) in [6, 6.07) is 7.65. The summed E-state index contributed by atoms with van der Waals surface area (Å²) in [7, 11) is 3.51. The molecule has 0 aliphatic rings. The number of amides is 1. The number of hydrogen-bond donors (Lipinski definition) is 0. The van der Waals surface area contributed by atoms with Crippen LogP contribution in [-0.2, 0) is 11.2 Å². The van der Waals surface area contributed by atoms with Crippen molar-refractivity contribution in [3.8, 4) is 5.75 Å². The maximum absolute atomic E-state index is 12.0. The molecule has 19 heavy (non-hydrogen) atoms. The predicted molar refractivity (Wildman–Crippen MR) is 82.0 cm³/mol. The Labute approximate surface area is 124 Å². The molecule has 0 radical (unpaired) electrons. The topological polar surface area (TPSA) is 29.5 Å². The summed E-state index contributed by atoms with van der Waals surface area (Å²) < 4.78 is 5.10. The third-order valence-electron chi connectivity index (χ3n) is 3.07. The van der Waals surface area contributed by atoms with E-state index in [0.29, 0.717) is 6.42 Å². The second kappa shape index (κ2) is 8.97. The predicted octanol–water partition coefficient (Wildman–Crippen LogP) is 3.26. The Balaban J connectivity index is 2.36. The number of halogens is 1. The van der Waals surface area contributed by atoms with E-state index in [1.54, 1.807) is 7.11 Å². The molecule has 0 aliphatic heterocycles. The molecule has 4 heteroatoms. The van der Waals surface area contributed by atoms with Crippen LogP contribution in [0.4, 0.5) is 0 Å². The van der Waals surface area contributed by atoms with Gasteiger partial charge < -0.3 is 9.64 Å². The van der Waals surface area contributed by atoms with Crippen LogP contribution in [0.3, 0.4) is 0 Å². The van der Waals surface area contributed by atoms with Crippen molar-refractivity contribution >= 4 is 21.8 Å². The monoisotopic (exact) mass is 327 g/mol. The molecule has 0 atom stereocenters.